The highest BCUT2D eigenvalue weighted by Gasteiger charge is 2.47. The van der Waals surface area contributed by atoms with Gasteiger partial charge in [0.1, 0.15) is 23.2 Å². The van der Waals surface area contributed by atoms with Crippen LogP contribution in [0.5, 0.6) is 0 Å². The van der Waals surface area contributed by atoms with Gasteiger partial charge in [-0.15, -0.1) is 10.3 Å². The summed E-state index contributed by atoms with van der Waals surface area (Å²) in [6, 6.07) is 27.1. The van der Waals surface area contributed by atoms with Gasteiger partial charge in [0.15, 0.2) is 0 Å². The molecule has 0 bridgehead atoms. The van der Waals surface area contributed by atoms with Gasteiger partial charge >= 0.3 is 0 Å². The number of nitrogens with one attached hydrogen (secondary N) is 1. The Morgan fingerprint density at radius 3 is 1.46 bits per heavy atom. The van der Waals surface area contributed by atoms with E-state index in [1.54, 1.807) is 0 Å². The van der Waals surface area contributed by atoms with Crippen molar-refractivity contribution in [2.24, 2.45) is 0 Å². The van der Waals surface area contributed by atoms with Gasteiger partial charge in [-0.3, -0.25) is 4.79 Å². The highest BCUT2D eigenvalue weighted by Crippen LogP contribution is 2.56. The molecule has 3 aromatic carbocycles. The maximum absolute atomic E-state index is 13.3. The number of nitrogens with zero attached hydrogens (tertiary/aromatic N) is 1. The number of amides is 1. The molecule has 1 N–H and O–H groups in total. The predicted octanol–water partition coefficient (Wildman–Crippen LogP) is 6.17. The summed E-state index contributed by atoms with van der Waals surface area (Å²) in [4.78, 5) is 13.3. The van der Waals surface area contributed by atoms with Gasteiger partial charge < -0.3 is 5.32 Å². The smallest absolute Gasteiger partial charge is 0.220 e. The van der Waals surface area contributed by atoms with Crippen molar-refractivity contribution in [3.8, 4) is 0 Å². The third-order valence-electron chi connectivity index (χ3n) is 8.28. The fraction of sp³-hybridized carbons (Fsp3) is 0.441. The molecule has 1 heterocycles. The van der Waals surface area contributed by atoms with Gasteiger partial charge in [0, 0.05) is 23.5 Å². The maximum Gasteiger partial charge on any atom is 0.220 e. The first-order chi connectivity index (χ1) is 18.3. The Labute approximate surface area is 236 Å². The van der Waals surface area contributed by atoms with Gasteiger partial charge in [-0.25, -0.2) is 0 Å². The van der Waals surface area contributed by atoms with Crippen LogP contribution in [0.3, 0.4) is 0 Å². The summed E-state index contributed by atoms with van der Waals surface area (Å²) in [5, 5.41) is 21.3. The van der Waals surface area contributed by atoms with Crippen molar-refractivity contribution in [2.75, 3.05) is 6.16 Å². The van der Waals surface area contributed by atoms with Crippen LogP contribution in [0.1, 0.15) is 70.1 Å². The molecule has 207 valence electrons. The number of carbonyl (C=O) groups excluding carboxylic acids is 1. The van der Waals surface area contributed by atoms with E-state index < -0.39 is 18.3 Å². The zero-order valence-corrected chi connectivity index (χ0v) is 25.6. The fourth-order valence-corrected chi connectivity index (χ4v) is 10.6. The fourth-order valence-electron chi connectivity index (χ4n) is 6.37. The molecule has 0 spiro atoms. The van der Waals surface area contributed by atoms with Gasteiger partial charge in [-0.1, -0.05) is 53.1 Å². The largest absolute Gasteiger partial charge is 0.353 e. The lowest BCUT2D eigenvalue weighted by Gasteiger charge is -2.50. The molecular formula is C34H45N2O2P+. The Bertz CT molecular complexity index is 1140. The molecule has 1 fully saturated rings. The highest BCUT2D eigenvalue weighted by atomic mass is 31.2. The summed E-state index contributed by atoms with van der Waals surface area (Å²) in [7, 11) is -1.99. The number of piperidine rings is 1. The lowest BCUT2D eigenvalue weighted by molar-refractivity contribution is -0.290. The topological polar surface area (TPSA) is 52.2 Å². The van der Waals surface area contributed by atoms with Crippen LogP contribution in [0, 0.1) is 20.8 Å². The summed E-state index contributed by atoms with van der Waals surface area (Å²) in [6.07, 6.45) is 3.52. The molecule has 1 amide bonds. The Kier molecular flexibility index (Phi) is 8.71. The van der Waals surface area contributed by atoms with E-state index in [4.69, 9.17) is 0 Å². The molecular weight excluding hydrogens is 499 g/mol. The number of hydroxylamine groups is 2. The normalized spacial score (nSPS) is 17.6. The average Bonchev–Trinajstić information content (AvgIpc) is 2.87. The van der Waals surface area contributed by atoms with E-state index in [1.165, 1.54) is 37.7 Å². The summed E-state index contributed by atoms with van der Waals surface area (Å²) < 4.78 is 0. The molecule has 0 aromatic heterocycles. The highest BCUT2D eigenvalue weighted by molar-refractivity contribution is 7.95. The summed E-state index contributed by atoms with van der Waals surface area (Å²) in [5.74, 6) is 0.0840. The van der Waals surface area contributed by atoms with E-state index >= 15 is 0 Å². The van der Waals surface area contributed by atoms with Crippen molar-refractivity contribution in [1.29, 1.82) is 0 Å². The molecule has 1 aliphatic heterocycles. The molecule has 0 atom stereocenters. The average molecular weight is 545 g/mol. The van der Waals surface area contributed by atoms with Crippen LogP contribution in [-0.4, -0.2) is 34.3 Å². The van der Waals surface area contributed by atoms with Crippen molar-refractivity contribution in [1.82, 2.24) is 10.4 Å². The maximum atomic E-state index is 13.3. The van der Waals surface area contributed by atoms with Crippen molar-refractivity contribution >= 4 is 29.1 Å². The van der Waals surface area contributed by atoms with Crippen LogP contribution in [0.4, 0.5) is 0 Å². The number of hydrogen-bond acceptors (Lipinski definition) is 2. The second kappa shape index (κ2) is 11.5. The first-order valence-corrected chi connectivity index (χ1v) is 16.2. The standard InChI is InChI=1S/C34H44N2O2P/c1-25-10-16-29(17-11-25)39(30-18-12-26(2)13-19-30,31-20-14-27(3)15-21-31)22-8-9-32(37)35-28-23-33(4,5)36(38)34(6,7)24-28/h10-21,28H,8-9,22-24H2,1-7H3/p+1. The van der Waals surface area contributed by atoms with Crippen molar-refractivity contribution in [3.63, 3.8) is 0 Å². The molecule has 1 aliphatic rings. The lowest BCUT2D eigenvalue weighted by atomic mass is 9.79. The van der Waals surface area contributed by atoms with E-state index in [9.17, 15) is 10.0 Å². The quantitative estimate of drug-likeness (QED) is 0.345. The van der Waals surface area contributed by atoms with Crippen LogP contribution in [0.15, 0.2) is 72.8 Å². The zero-order chi connectivity index (χ0) is 28.4. The van der Waals surface area contributed by atoms with Crippen LogP contribution in [0.25, 0.3) is 0 Å². The number of hydrogen-bond donors (Lipinski definition) is 1. The molecule has 0 saturated carbocycles. The molecule has 5 heteroatoms. The van der Waals surface area contributed by atoms with Crippen molar-refractivity contribution in [2.45, 2.75) is 91.3 Å². The summed E-state index contributed by atoms with van der Waals surface area (Å²) in [6.45, 7) is 14.3. The van der Waals surface area contributed by atoms with E-state index in [2.05, 4.69) is 98.9 Å². The zero-order valence-electron chi connectivity index (χ0n) is 24.8. The van der Waals surface area contributed by atoms with Crippen molar-refractivity contribution < 1.29 is 10.0 Å². The minimum atomic E-state index is -1.99. The summed E-state index contributed by atoms with van der Waals surface area (Å²) >= 11 is 0. The second-order valence-corrected chi connectivity index (χ2v) is 16.4. The Morgan fingerprint density at radius 2 is 1.10 bits per heavy atom. The third-order valence-corrected chi connectivity index (χ3v) is 12.8. The first kappa shape index (κ1) is 29.5. The monoisotopic (exact) mass is 544 g/mol. The van der Waals surface area contributed by atoms with Gasteiger partial charge in [0.2, 0.25) is 5.91 Å². The molecule has 0 unspecified atom stereocenters. The van der Waals surface area contributed by atoms with Gasteiger partial charge in [-0.05, 0) is 104 Å². The SMILES string of the molecule is Cc1ccc([P+](CCCC(=O)NC2CC(C)(C)N([O])C(C)(C)C2)(c2ccc(C)cc2)c2ccc(C)cc2)cc1. The third kappa shape index (κ3) is 6.46. The number of carbonyl (C=O) groups is 1. The van der Waals surface area contributed by atoms with E-state index in [-0.39, 0.29) is 11.9 Å². The van der Waals surface area contributed by atoms with Gasteiger partial charge in [0.05, 0.1) is 6.16 Å². The molecule has 0 aliphatic carbocycles. The van der Waals surface area contributed by atoms with Crippen LogP contribution in [0.2, 0.25) is 0 Å². The lowest BCUT2D eigenvalue weighted by Crippen LogP contribution is -2.62. The Morgan fingerprint density at radius 1 is 0.744 bits per heavy atom. The molecule has 1 saturated heterocycles. The Balaban J connectivity index is 1.61. The molecule has 39 heavy (non-hydrogen) atoms. The van der Waals surface area contributed by atoms with E-state index in [1.807, 2.05) is 27.7 Å². The van der Waals surface area contributed by atoms with Crippen molar-refractivity contribution in [3.05, 3.63) is 89.5 Å². The summed E-state index contributed by atoms with van der Waals surface area (Å²) in [5.41, 5.74) is 2.75. The second-order valence-electron chi connectivity index (χ2n) is 12.7. The predicted molar refractivity (Wildman–Crippen MR) is 165 cm³/mol. The van der Waals surface area contributed by atoms with Crippen LogP contribution >= 0.6 is 7.26 Å². The Hall–Kier alpha value is -2.52. The van der Waals surface area contributed by atoms with Gasteiger partial charge in [0.25, 0.3) is 0 Å². The number of aryl methyl sites for hydroxylation is 3. The van der Waals surface area contributed by atoms with Crippen LogP contribution < -0.4 is 21.2 Å². The van der Waals surface area contributed by atoms with E-state index in [0.29, 0.717) is 19.3 Å². The molecule has 4 rings (SSSR count). The molecule has 1 radical (unpaired) electrons. The first-order valence-electron chi connectivity index (χ1n) is 14.2. The number of benzene rings is 3. The minimum Gasteiger partial charge on any atom is -0.353 e. The van der Waals surface area contributed by atoms with E-state index in [0.717, 1.165) is 12.6 Å². The minimum absolute atomic E-state index is 0.0125. The molecule has 4 nitrogen and oxygen atoms in total. The molecule has 3 aromatic rings. The van der Waals surface area contributed by atoms with Gasteiger partial charge in [-0.2, -0.15) is 0 Å². The number of rotatable bonds is 8. The van der Waals surface area contributed by atoms with Crippen LogP contribution in [-0.2, 0) is 10.0 Å².